The van der Waals surface area contributed by atoms with Gasteiger partial charge in [0.1, 0.15) is 0 Å². The summed E-state index contributed by atoms with van der Waals surface area (Å²) in [4.78, 5) is 13.8. The molecule has 0 aliphatic carbocycles. The highest BCUT2D eigenvalue weighted by Crippen LogP contribution is 2.29. The number of hydrogen-bond acceptors (Lipinski definition) is 2. The summed E-state index contributed by atoms with van der Waals surface area (Å²) in [6.07, 6.45) is 0.544. The number of carbonyl (C=O) groups excluding carboxylic acids is 1. The van der Waals surface area contributed by atoms with E-state index in [9.17, 15) is 4.79 Å². The van der Waals surface area contributed by atoms with Gasteiger partial charge in [-0.05, 0) is 31.0 Å². The lowest BCUT2D eigenvalue weighted by atomic mass is 10.1. The van der Waals surface area contributed by atoms with Crippen molar-refractivity contribution in [1.29, 1.82) is 0 Å². The largest absolute Gasteiger partial charge is 0.312 e. The molecule has 100 valence electrons. The number of fused-ring (bicyclic) bond motifs is 1. The molecule has 1 saturated heterocycles. The topological polar surface area (TPSA) is 38.1 Å². The molecule has 1 fully saturated rings. The number of anilines is 1. The molecule has 3 rings (SSSR count). The number of halogens is 1. The van der Waals surface area contributed by atoms with Crippen molar-refractivity contribution in [3.05, 3.63) is 23.9 Å². The van der Waals surface area contributed by atoms with Crippen LogP contribution in [-0.4, -0.2) is 28.1 Å². The van der Waals surface area contributed by atoms with E-state index in [1.54, 1.807) is 0 Å². The lowest BCUT2D eigenvalue weighted by Gasteiger charge is -2.16. The molecule has 1 amide bonds. The Balaban J connectivity index is 2.00. The standard InChI is InChI=1S/C14H16ClN3O/c1-9-12-4-3-11(6-13(12)16-17(9)2)18-8-10(7-15)5-14(18)19/h3-4,6,10H,5,7-8H2,1-2H3. The van der Waals surface area contributed by atoms with Gasteiger partial charge in [-0.25, -0.2) is 0 Å². The quantitative estimate of drug-likeness (QED) is 0.791. The zero-order valence-electron chi connectivity index (χ0n) is 11.1. The van der Waals surface area contributed by atoms with Crippen molar-refractivity contribution >= 4 is 34.1 Å². The van der Waals surface area contributed by atoms with Gasteiger partial charge in [-0.3, -0.25) is 9.48 Å². The lowest BCUT2D eigenvalue weighted by Crippen LogP contribution is -2.24. The maximum atomic E-state index is 12.0. The summed E-state index contributed by atoms with van der Waals surface area (Å²) in [5.41, 5.74) is 2.98. The van der Waals surface area contributed by atoms with Crippen LogP contribution < -0.4 is 4.90 Å². The molecule has 0 saturated carbocycles. The molecule has 19 heavy (non-hydrogen) atoms. The molecule has 5 heteroatoms. The van der Waals surface area contributed by atoms with E-state index in [0.717, 1.165) is 22.3 Å². The van der Waals surface area contributed by atoms with Crippen LogP contribution in [0, 0.1) is 12.8 Å². The summed E-state index contributed by atoms with van der Waals surface area (Å²) in [6.45, 7) is 2.75. The Hall–Kier alpha value is -1.55. The van der Waals surface area contributed by atoms with Gasteiger partial charge in [0.05, 0.1) is 5.52 Å². The van der Waals surface area contributed by atoms with Crippen LogP contribution in [0.5, 0.6) is 0 Å². The van der Waals surface area contributed by atoms with Crippen molar-refractivity contribution in [2.24, 2.45) is 13.0 Å². The second kappa shape index (κ2) is 4.53. The molecule has 4 nitrogen and oxygen atoms in total. The van der Waals surface area contributed by atoms with E-state index in [-0.39, 0.29) is 11.8 Å². The third-order valence-corrected chi connectivity index (χ3v) is 4.29. The van der Waals surface area contributed by atoms with Crippen LogP contribution in [0.25, 0.3) is 10.9 Å². The maximum absolute atomic E-state index is 12.0. The Morgan fingerprint density at radius 3 is 2.95 bits per heavy atom. The highest BCUT2D eigenvalue weighted by molar-refractivity contribution is 6.18. The molecule has 0 spiro atoms. The van der Waals surface area contributed by atoms with Crippen molar-refractivity contribution in [3.63, 3.8) is 0 Å². The second-order valence-electron chi connectivity index (χ2n) is 5.14. The number of alkyl halides is 1. The van der Waals surface area contributed by atoms with E-state index in [1.807, 2.05) is 41.8 Å². The molecular formula is C14H16ClN3O. The highest BCUT2D eigenvalue weighted by atomic mass is 35.5. The Bertz CT molecular complexity index is 649. The fourth-order valence-corrected chi connectivity index (χ4v) is 2.83. The summed E-state index contributed by atoms with van der Waals surface area (Å²) in [5.74, 6) is 0.945. The van der Waals surface area contributed by atoms with Gasteiger partial charge in [-0.2, -0.15) is 5.10 Å². The molecule has 1 aliphatic heterocycles. The fraction of sp³-hybridized carbons (Fsp3) is 0.429. The minimum absolute atomic E-state index is 0.151. The van der Waals surface area contributed by atoms with Crippen LogP contribution in [0.4, 0.5) is 5.69 Å². The molecule has 2 heterocycles. The monoisotopic (exact) mass is 277 g/mol. The number of carbonyl (C=O) groups is 1. The Labute approximate surface area is 116 Å². The van der Waals surface area contributed by atoms with Crippen LogP contribution in [0.3, 0.4) is 0 Å². The van der Waals surface area contributed by atoms with Crippen molar-refractivity contribution in [2.75, 3.05) is 17.3 Å². The number of benzene rings is 1. The van der Waals surface area contributed by atoms with Gasteiger partial charge in [0.25, 0.3) is 0 Å². The number of rotatable bonds is 2. The molecule has 0 N–H and O–H groups in total. The third kappa shape index (κ3) is 2.00. The molecule has 0 bridgehead atoms. The maximum Gasteiger partial charge on any atom is 0.227 e. The van der Waals surface area contributed by atoms with Crippen LogP contribution in [-0.2, 0) is 11.8 Å². The van der Waals surface area contributed by atoms with Crippen molar-refractivity contribution in [2.45, 2.75) is 13.3 Å². The molecular weight excluding hydrogens is 262 g/mol. The number of amides is 1. The van der Waals surface area contributed by atoms with Gasteiger partial charge >= 0.3 is 0 Å². The number of aromatic nitrogens is 2. The van der Waals surface area contributed by atoms with E-state index in [4.69, 9.17) is 11.6 Å². The van der Waals surface area contributed by atoms with E-state index in [0.29, 0.717) is 18.8 Å². The minimum atomic E-state index is 0.151. The lowest BCUT2D eigenvalue weighted by molar-refractivity contribution is -0.117. The molecule has 1 aromatic heterocycles. The smallest absolute Gasteiger partial charge is 0.227 e. The van der Waals surface area contributed by atoms with E-state index >= 15 is 0 Å². The first-order chi connectivity index (χ1) is 9.10. The van der Waals surface area contributed by atoms with Crippen LogP contribution in [0.1, 0.15) is 12.1 Å². The Kier molecular flexibility index (Phi) is 2.97. The normalized spacial score (nSPS) is 19.6. The first-order valence-corrected chi connectivity index (χ1v) is 6.93. The number of nitrogens with zero attached hydrogens (tertiary/aromatic N) is 3. The number of hydrogen-bond donors (Lipinski definition) is 0. The van der Waals surface area contributed by atoms with Crippen LogP contribution >= 0.6 is 11.6 Å². The summed E-state index contributed by atoms with van der Waals surface area (Å²) in [7, 11) is 1.93. The van der Waals surface area contributed by atoms with Gasteiger partial charge in [-0.1, -0.05) is 0 Å². The van der Waals surface area contributed by atoms with Crippen molar-refractivity contribution < 1.29 is 4.79 Å². The third-order valence-electron chi connectivity index (χ3n) is 3.85. The van der Waals surface area contributed by atoms with E-state index < -0.39 is 0 Å². The van der Waals surface area contributed by atoms with Gasteiger partial charge in [0.15, 0.2) is 0 Å². The first kappa shape index (κ1) is 12.5. The first-order valence-electron chi connectivity index (χ1n) is 6.40. The molecule has 1 atom stereocenters. The SMILES string of the molecule is Cc1c2ccc(N3CC(CCl)CC3=O)cc2nn1C. The van der Waals surface area contributed by atoms with Gasteiger partial charge < -0.3 is 4.90 Å². The average Bonchev–Trinajstić information content (AvgIpc) is 2.91. The van der Waals surface area contributed by atoms with Crippen molar-refractivity contribution in [3.8, 4) is 0 Å². The zero-order chi connectivity index (χ0) is 13.6. The second-order valence-corrected chi connectivity index (χ2v) is 5.45. The fourth-order valence-electron chi connectivity index (χ4n) is 2.62. The summed E-state index contributed by atoms with van der Waals surface area (Å²) in [6, 6.07) is 6.01. The summed E-state index contributed by atoms with van der Waals surface area (Å²) < 4.78 is 1.86. The predicted octanol–water partition coefficient (Wildman–Crippen LogP) is 2.47. The molecule has 1 aliphatic rings. The average molecular weight is 278 g/mol. The molecule has 1 aromatic carbocycles. The molecule has 2 aromatic rings. The van der Waals surface area contributed by atoms with Crippen LogP contribution in [0.2, 0.25) is 0 Å². The van der Waals surface area contributed by atoms with Crippen molar-refractivity contribution in [1.82, 2.24) is 9.78 Å². The summed E-state index contributed by atoms with van der Waals surface area (Å²) in [5, 5.41) is 5.59. The number of aryl methyl sites for hydroxylation is 2. The van der Waals surface area contributed by atoms with Gasteiger partial charge in [-0.15, -0.1) is 11.6 Å². The Morgan fingerprint density at radius 2 is 2.26 bits per heavy atom. The zero-order valence-corrected chi connectivity index (χ0v) is 11.8. The van der Waals surface area contributed by atoms with Gasteiger partial charge in [0.2, 0.25) is 5.91 Å². The molecule has 0 radical (unpaired) electrons. The summed E-state index contributed by atoms with van der Waals surface area (Å²) >= 11 is 5.85. The van der Waals surface area contributed by atoms with E-state index in [2.05, 4.69) is 5.10 Å². The highest BCUT2D eigenvalue weighted by Gasteiger charge is 2.30. The molecule has 1 unspecified atom stereocenters. The van der Waals surface area contributed by atoms with E-state index in [1.165, 1.54) is 0 Å². The van der Waals surface area contributed by atoms with Gasteiger partial charge in [0, 0.05) is 42.7 Å². The Morgan fingerprint density at radius 1 is 1.47 bits per heavy atom. The predicted molar refractivity (Wildman–Crippen MR) is 76.6 cm³/mol. The minimum Gasteiger partial charge on any atom is -0.312 e. The van der Waals surface area contributed by atoms with Crippen LogP contribution in [0.15, 0.2) is 18.2 Å².